The predicted octanol–water partition coefficient (Wildman–Crippen LogP) is -0.239. The van der Waals surface area contributed by atoms with Crippen molar-refractivity contribution in [3.63, 3.8) is 0 Å². The number of aromatic amines is 1. The minimum absolute atomic E-state index is 0.0662. The Morgan fingerprint density at radius 1 is 1.45 bits per heavy atom. The van der Waals surface area contributed by atoms with E-state index < -0.39 is 0 Å². The summed E-state index contributed by atoms with van der Waals surface area (Å²) in [5.74, 6) is -0.0662. The van der Waals surface area contributed by atoms with E-state index >= 15 is 0 Å². The number of H-pyrrole nitrogens is 1. The average molecular weight is 295 g/mol. The van der Waals surface area contributed by atoms with Gasteiger partial charge >= 0.3 is 5.69 Å². The number of nitrogens with two attached hydrogens (primary N) is 1. The largest absolute Gasteiger partial charge is 0.409 e. The van der Waals surface area contributed by atoms with Gasteiger partial charge in [-0.05, 0) is 31.2 Å². The molecule has 0 aliphatic carbocycles. The first-order valence-corrected chi connectivity index (χ1v) is 6.38. The average Bonchev–Trinajstić information content (AvgIpc) is 2.74. The summed E-state index contributed by atoms with van der Waals surface area (Å²) in [4.78, 5) is 11.3. The standard InChI is InChI=1S/C10H13N7O2S/c1-4-5(2)12-13-8(6(4)7(11)16-19)20-10-15-14-9(18)17(10)3/h19H,1-3H3,(H2,11,16)(H,14,18). The van der Waals surface area contributed by atoms with Gasteiger partial charge < -0.3 is 10.9 Å². The zero-order valence-corrected chi connectivity index (χ0v) is 11.9. The van der Waals surface area contributed by atoms with Crippen molar-refractivity contribution >= 4 is 17.6 Å². The summed E-state index contributed by atoms with van der Waals surface area (Å²) in [6, 6.07) is 0. The number of hydrogen-bond donors (Lipinski definition) is 3. The first-order valence-electron chi connectivity index (χ1n) is 5.56. The van der Waals surface area contributed by atoms with E-state index in [0.29, 0.717) is 21.4 Å². The van der Waals surface area contributed by atoms with E-state index in [1.54, 1.807) is 20.9 Å². The molecule has 0 unspecified atom stereocenters. The molecular weight excluding hydrogens is 282 g/mol. The van der Waals surface area contributed by atoms with E-state index in [1.165, 1.54) is 4.57 Å². The van der Waals surface area contributed by atoms with Crippen LogP contribution in [0.2, 0.25) is 0 Å². The van der Waals surface area contributed by atoms with Crippen molar-refractivity contribution in [3.05, 3.63) is 27.3 Å². The maximum absolute atomic E-state index is 11.3. The number of rotatable bonds is 3. The minimum atomic E-state index is -0.338. The molecule has 0 bridgehead atoms. The maximum Gasteiger partial charge on any atom is 0.343 e. The Hall–Kier alpha value is -2.36. The van der Waals surface area contributed by atoms with Crippen LogP contribution in [0, 0.1) is 13.8 Å². The summed E-state index contributed by atoms with van der Waals surface area (Å²) in [5.41, 5.74) is 7.24. The van der Waals surface area contributed by atoms with Crippen LogP contribution in [-0.4, -0.2) is 36.0 Å². The molecule has 2 aromatic rings. The van der Waals surface area contributed by atoms with Crippen molar-refractivity contribution in [2.24, 2.45) is 17.9 Å². The SMILES string of the molecule is Cc1nnc(Sc2n[nH]c(=O)n2C)c(C(N)=NO)c1C. The van der Waals surface area contributed by atoms with Crippen LogP contribution in [0.25, 0.3) is 0 Å². The fraction of sp³-hybridized carbons (Fsp3) is 0.300. The lowest BCUT2D eigenvalue weighted by atomic mass is 10.1. The predicted molar refractivity (Wildman–Crippen MR) is 72.0 cm³/mol. The highest BCUT2D eigenvalue weighted by molar-refractivity contribution is 7.99. The monoisotopic (exact) mass is 295 g/mol. The van der Waals surface area contributed by atoms with Crippen LogP contribution in [0.15, 0.2) is 20.1 Å². The number of nitrogens with one attached hydrogen (secondary N) is 1. The van der Waals surface area contributed by atoms with Crippen LogP contribution in [-0.2, 0) is 7.05 Å². The topological polar surface area (TPSA) is 135 Å². The number of amidine groups is 1. The molecule has 0 atom stereocenters. The first-order chi connectivity index (χ1) is 9.45. The minimum Gasteiger partial charge on any atom is -0.409 e. The van der Waals surface area contributed by atoms with Crippen LogP contribution in [0.4, 0.5) is 0 Å². The van der Waals surface area contributed by atoms with Gasteiger partial charge in [-0.3, -0.25) is 4.57 Å². The highest BCUT2D eigenvalue weighted by Crippen LogP contribution is 2.28. The second-order valence-electron chi connectivity index (χ2n) is 4.05. The third-order valence-corrected chi connectivity index (χ3v) is 3.84. The van der Waals surface area contributed by atoms with Crippen LogP contribution < -0.4 is 11.4 Å². The first kappa shape index (κ1) is 14.1. The van der Waals surface area contributed by atoms with Gasteiger partial charge in [-0.2, -0.15) is 5.10 Å². The molecule has 0 radical (unpaired) electrons. The molecule has 20 heavy (non-hydrogen) atoms. The van der Waals surface area contributed by atoms with Gasteiger partial charge in [-0.1, -0.05) is 5.16 Å². The highest BCUT2D eigenvalue weighted by atomic mass is 32.2. The zero-order chi connectivity index (χ0) is 14.9. The molecular formula is C10H13N7O2S. The molecule has 2 heterocycles. The van der Waals surface area contributed by atoms with Gasteiger partial charge in [-0.15, -0.1) is 10.2 Å². The van der Waals surface area contributed by atoms with Gasteiger partial charge in [0.1, 0.15) is 5.03 Å². The molecule has 106 valence electrons. The number of hydrogen-bond acceptors (Lipinski definition) is 7. The Balaban J connectivity index is 2.55. The molecule has 0 amide bonds. The van der Waals surface area contributed by atoms with E-state index in [0.717, 1.165) is 17.3 Å². The molecule has 0 aromatic carbocycles. The lowest BCUT2D eigenvalue weighted by molar-refractivity contribution is 0.318. The van der Waals surface area contributed by atoms with Crippen LogP contribution in [0.5, 0.6) is 0 Å². The second-order valence-corrected chi connectivity index (χ2v) is 5.00. The number of aromatic nitrogens is 5. The molecule has 2 rings (SSSR count). The van der Waals surface area contributed by atoms with Crippen molar-refractivity contribution < 1.29 is 5.21 Å². The fourth-order valence-corrected chi connectivity index (χ4v) is 2.45. The van der Waals surface area contributed by atoms with E-state index in [9.17, 15) is 4.79 Å². The van der Waals surface area contributed by atoms with Crippen molar-refractivity contribution in [1.82, 2.24) is 25.0 Å². The number of nitrogens with zero attached hydrogens (tertiary/aromatic N) is 5. The molecule has 0 aliphatic heterocycles. The molecule has 0 saturated carbocycles. The van der Waals surface area contributed by atoms with E-state index in [2.05, 4.69) is 25.6 Å². The third-order valence-electron chi connectivity index (χ3n) is 2.81. The summed E-state index contributed by atoms with van der Waals surface area (Å²) in [5, 5.41) is 26.9. The normalized spacial score (nSPS) is 11.8. The number of oxime groups is 1. The smallest absolute Gasteiger partial charge is 0.343 e. The Bertz CT molecular complexity index is 734. The van der Waals surface area contributed by atoms with Crippen LogP contribution in [0.1, 0.15) is 16.8 Å². The van der Waals surface area contributed by atoms with Gasteiger partial charge in [-0.25, -0.2) is 9.89 Å². The van der Waals surface area contributed by atoms with Gasteiger partial charge in [0.2, 0.25) is 0 Å². The van der Waals surface area contributed by atoms with Crippen molar-refractivity contribution in [2.45, 2.75) is 24.0 Å². The highest BCUT2D eigenvalue weighted by Gasteiger charge is 2.18. The summed E-state index contributed by atoms with van der Waals surface area (Å²) < 4.78 is 1.33. The van der Waals surface area contributed by atoms with Crippen molar-refractivity contribution in [3.8, 4) is 0 Å². The Morgan fingerprint density at radius 3 is 2.70 bits per heavy atom. The van der Waals surface area contributed by atoms with Gasteiger partial charge in [0.25, 0.3) is 0 Å². The number of aryl methyl sites for hydroxylation is 1. The maximum atomic E-state index is 11.3. The fourth-order valence-electron chi connectivity index (χ4n) is 1.52. The van der Waals surface area contributed by atoms with E-state index in [1.807, 2.05) is 0 Å². The molecule has 0 saturated heterocycles. The Morgan fingerprint density at radius 2 is 2.15 bits per heavy atom. The third kappa shape index (κ3) is 2.37. The van der Waals surface area contributed by atoms with Gasteiger partial charge in [0.05, 0.1) is 11.3 Å². The lowest BCUT2D eigenvalue weighted by Gasteiger charge is -2.10. The molecule has 0 spiro atoms. The van der Waals surface area contributed by atoms with Crippen molar-refractivity contribution in [2.75, 3.05) is 0 Å². The van der Waals surface area contributed by atoms with E-state index in [4.69, 9.17) is 10.9 Å². The molecule has 9 nitrogen and oxygen atoms in total. The Labute approximate surface area is 117 Å². The summed E-state index contributed by atoms with van der Waals surface area (Å²) >= 11 is 1.10. The summed E-state index contributed by atoms with van der Waals surface area (Å²) in [7, 11) is 1.58. The molecule has 2 aromatic heterocycles. The van der Waals surface area contributed by atoms with Crippen LogP contribution in [0.3, 0.4) is 0 Å². The van der Waals surface area contributed by atoms with E-state index in [-0.39, 0.29) is 11.5 Å². The lowest BCUT2D eigenvalue weighted by Crippen LogP contribution is -2.18. The molecule has 0 fully saturated rings. The Kier molecular flexibility index (Phi) is 3.74. The van der Waals surface area contributed by atoms with Crippen LogP contribution >= 0.6 is 11.8 Å². The zero-order valence-electron chi connectivity index (χ0n) is 11.1. The van der Waals surface area contributed by atoms with Gasteiger partial charge in [0, 0.05) is 7.05 Å². The summed E-state index contributed by atoms with van der Waals surface area (Å²) in [6.07, 6.45) is 0. The molecule has 0 aliphatic rings. The second kappa shape index (κ2) is 5.33. The molecule has 10 heteroatoms. The molecule has 4 N–H and O–H groups in total. The van der Waals surface area contributed by atoms with Crippen molar-refractivity contribution in [1.29, 1.82) is 0 Å². The van der Waals surface area contributed by atoms with Gasteiger partial charge in [0.15, 0.2) is 11.0 Å². The quantitative estimate of drug-likeness (QED) is 0.308. The summed E-state index contributed by atoms with van der Waals surface area (Å²) in [6.45, 7) is 3.57.